The average molecular weight is 247 g/mol. The Kier molecular flexibility index (Phi) is 2.84. The summed E-state index contributed by atoms with van der Waals surface area (Å²) in [5.41, 5.74) is 1.84. The minimum atomic E-state index is -0.528. The second-order valence-corrected chi connectivity index (χ2v) is 4.95. The van der Waals surface area contributed by atoms with E-state index in [1.165, 1.54) is 0 Å². The van der Waals surface area contributed by atoms with Gasteiger partial charge in [-0.05, 0) is 19.1 Å². The minimum Gasteiger partial charge on any atom is -0.346 e. The zero-order valence-corrected chi connectivity index (χ0v) is 10.5. The van der Waals surface area contributed by atoms with Gasteiger partial charge in [-0.3, -0.25) is 4.79 Å². The van der Waals surface area contributed by atoms with Gasteiger partial charge in [-0.1, -0.05) is 17.7 Å². The molecule has 2 heterocycles. The molecule has 2 aliphatic heterocycles. The third-order valence-corrected chi connectivity index (χ3v) is 3.56. The first kappa shape index (κ1) is 11.7. The van der Waals surface area contributed by atoms with Gasteiger partial charge in [-0.25, -0.2) is 0 Å². The number of likely N-dealkylation sites (tertiary alicyclic amines) is 1. The number of carbonyl (C=O) groups is 1. The van der Waals surface area contributed by atoms with Crippen LogP contribution in [0.2, 0.25) is 0 Å². The van der Waals surface area contributed by atoms with Crippen molar-refractivity contribution in [1.29, 1.82) is 0 Å². The highest BCUT2D eigenvalue weighted by Gasteiger charge is 2.44. The van der Waals surface area contributed by atoms with Crippen LogP contribution in [0.4, 0.5) is 0 Å². The SMILES string of the molecule is Cc1cccc(C(=O)N2CCC3(C2)OCCO3)c1. The Bertz CT molecular complexity index is 466. The van der Waals surface area contributed by atoms with E-state index >= 15 is 0 Å². The van der Waals surface area contributed by atoms with Crippen molar-refractivity contribution in [2.75, 3.05) is 26.3 Å². The largest absolute Gasteiger partial charge is 0.346 e. The summed E-state index contributed by atoms with van der Waals surface area (Å²) < 4.78 is 11.3. The van der Waals surface area contributed by atoms with Gasteiger partial charge in [0.25, 0.3) is 5.91 Å². The smallest absolute Gasteiger partial charge is 0.254 e. The number of carbonyl (C=O) groups excluding carboxylic acids is 1. The molecule has 3 rings (SSSR count). The summed E-state index contributed by atoms with van der Waals surface area (Å²) in [5, 5.41) is 0. The van der Waals surface area contributed by atoms with Gasteiger partial charge in [-0.2, -0.15) is 0 Å². The summed E-state index contributed by atoms with van der Waals surface area (Å²) in [6.45, 7) is 4.50. The third kappa shape index (κ3) is 2.02. The van der Waals surface area contributed by atoms with E-state index in [0.717, 1.165) is 17.5 Å². The molecular formula is C14H17NO3. The zero-order valence-electron chi connectivity index (χ0n) is 10.5. The first-order chi connectivity index (χ1) is 8.69. The van der Waals surface area contributed by atoms with E-state index in [-0.39, 0.29) is 5.91 Å². The number of aryl methyl sites for hydroxylation is 1. The maximum atomic E-state index is 12.4. The van der Waals surface area contributed by atoms with E-state index in [1.54, 1.807) is 0 Å². The maximum Gasteiger partial charge on any atom is 0.254 e. The van der Waals surface area contributed by atoms with Crippen molar-refractivity contribution in [1.82, 2.24) is 4.90 Å². The number of amides is 1. The van der Waals surface area contributed by atoms with Crippen molar-refractivity contribution in [3.05, 3.63) is 35.4 Å². The van der Waals surface area contributed by atoms with Gasteiger partial charge < -0.3 is 14.4 Å². The number of hydrogen-bond acceptors (Lipinski definition) is 3. The van der Waals surface area contributed by atoms with Crippen molar-refractivity contribution in [3.63, 3.8) is 0 Å². The van der Waals surface area contributed by atoms with Crippen LogP contribution in [-0.2, 0) is 9.47 Å². The summed E-state index contributed by atoms with van der Waals surface area (Å²) in [6.07, 6.45) is 0.768. The molecule has 1 aromatic carbocycles. The van der Waals surface area contributed by atoms with Crippen molar-refractivity contribution < 1.29 is 14.3 Å². The van der Waals surface area contributed by atoms with Gasteiger partial charge in [-0.15, -0.1) is 0 Å². The Labute approximate surface area is 106 Å². The van der Waals surface area contributed by atoms with Crippen LogP contribution in [0.3, 0.4) is 0 Å². The molecule has 0 aromatic heterocycles. The molecule has 96 valence electrons. The molecule has 18 heavy (non-hydrogen) atoms. The predicted molar refractivity (Wildman–Crippen MR) is 66.3 cm³/mol. The minimum absolute atomic E-state index is 0.0645. The Hall–Kier alpha value is -1.39. The molecule has 0 radical (unpaired) electrons. The molecule has 0 saturated carbocycles. The lowest BCUT2D eigenvalue weighted by Crippen LogP contribution is -2.36. The predicted octanol–water partition coefficient (Wildman–Crippen LogP) is 1.58. The van der Waals surface area contributed by atoms with Crippen LogP contribution in [0.5, 0.6) is 0 Å². The topological polar surface area (TPSA) is 38.8 Å². The fraction of sp³-hybridized carbons (Fsp3) is 0.500. The first-order valence-corrected chi connectivity index (χ1v) is 6.32. The fourth-order valence-electron chi connectivity index (χ4n) is 2.62. The summed E-state index contributed by atoms with van der Waals surface area (Å²) >= 11 is 0. The Morgan fingerprint density at radius 1 is 1.33 bits per heavy atom. The molecule has 0 unspecified atom stereocenters. The number of ether oxygens (including phenoxy) is 2. The fourth-order valence-corrected chi connectivity index (χ4v) is 2.62. The molecule has 0 aliphatic carbocycles. The van der Waals surface area contributed by atoms with Gasteiger partial charge >= 0.3 is 0 Å². The molecule has 1 aromatic rings. The molecule has 2 fully saturated rings. The zero-order chi connectivity index (χ0) is 12.6. The first-order valence-electron chi connectivity index (χ1n) is 6.32. The van der Waals surface area contributed by atoms with Crippen LogP contribution in [0.15, 0.2) is 24.3 Å². The molecular weight excluding hydrogens is 230 g/mol. The summed E-state index contributed by atoms with van der Waals surface area (Å²) in [7, 11) is 0. The monoisotopic (exact) mass is 247 g/mol. The Balaban J connectivity index is 1.74. The molecule has 2 aliphatic rings. The number of rotatable bonds is 1. The number of benzene rings is 1. The molecule has 2 saturated heterocycles. The maximum absolute atomic E-state index is 12.4. The highest BCUT2D eigenvalue weighted by molar-refractivity contribution is 5.94. The lowest BCUT2D eigenvalue weighted by Gasteiger charge is -2.22. The summed E-state index contributed by atoms with van der Waals surface area (Å²) in [4.78, 5) is 14.2. The summed E-state index contributed by atoms with van der Waals surface area (Å²) in [6, 6.07) is 7.68. The van der Waals surface area contributed by atoms with Gasteiger partial charge in [0, 0.05) is 18.5 Å². The van der Waals surface area contributed by atoms with Crippen LogP contribution in [0.1, 0.15) is 22.3 Å². The van der Waals surface area contributed by atoms with E-state index < -0.39 is 5.79 Å². The number of hydrogen-bond donors (Lipinski definition) is 0. The highest BCUT2D eigenvalue weighted by Crippen LogP contribution is 2.31. The van der Waals surface area contributed by atoms with Gasteiger partial charge in [0.1, 0.15) is 0 Å². The molecule has 0 N–H and O–H groups in total. The molecule has 1 amide bonds. The van der Waals surface area contributed by atoms with Crippen molar-refractivity contribution in [3.8, 4) is 0 Å². The standard InChI is InChI=1S/C14H17NO3/c1-11-3-2-4-12(9-11)13(16)15-6-5-14(10-15)17-7-8-18-14/h2-4,9H,5-8,10H2,1H3. The normalized spacial score (nSPS) is 21.7. The second kappa shape index (κ2) is 4.37. The highest BCUT2D eigenvalue weighted by atomic mass is 16.7. The third-order valence-electron chi connectivity index (χ3n) is 3.56. The van der Waals surface area contributed by atoms with E-state index in [4.69, 9.17) is 9.47 Å². The van der Waals surface area contributed by atoms with Gasteiger partial charge in [0.2, 0.25) is 0 Å². The second-order valence-electron chi connectivity index (χ2n) is 4.95. The molecule has 4 nitrogen and oxygen atoms in total. The molecule has 4 heteroatoms. The number of nitrogens with zero attached hydrogens (tertiary/aromatic N) is 1. The molecule has 0 bridgehead atoms. The summed E-state index contributed by atoms with van der Waals surface area (Å²) in [5.74, 6) is -0.464. The van der Waals surface area contributed by atoms with Crippen molar-refractivity contribution in [2.45, 2.75) is 19.1 Å². The van der Waals surface area contributed by atoms with E-state index in [0.29, 0.717) is 26.3 Å². The van der Waals surface area contributed by atoms with Crippen molar-refractivity contribution >= 4 is 5.91 Å². The van der Waals surface area contributed by atoms with Crippen LogP contribution in [-0.4, -0.2) is 42.9 Å². The van der Waals surface area contributed by atoms with Gasteiger partial charge in [0.05, 0.1) is 19.8 Å². The molecule has 0 atom stereocenters. The Morgan fingerprint density at radius 2 is 2.11 bits per heavy atom. The van der Waals surface area contributed by atoms with Gasteiger partial charge in [0.15, 0.2) is 5.79 Å². The van der Waals surface area contributed by atoms with Crippen LogP contribution >= 0.6 is 0 Å². The van der Waals surface area contributed by atoms with Crippen molar-refractivity contribution in [2.24, 2.45) is 0 Å². The lowest BCUT2D eigenvalue weighted by molar-refractivity contribution is -0.143. The molecule has 1 spiro atoms. The van der Waals surface area contributed by atoms with Crippen LogP contribution < -0.4 is 0 Å². The average Bonchev–Trinajstić information content (AvgIpc) is 3.00. The quantitative estimate of drug-likeness (QED) is 0.756. The van der Waals surface area contributed by atoms with Crippen LogP contribution in [0, 0.1) is 6.92 Å². The lowest BCUT2D eigenvalue weighted by atomic mass is 10.1. The van der Waals surface area contributed by atoms with Crippen LogP contribution in [0.25, 0.3) is 0 Å². The Morgan fingerprint density at radius 3 is 2.83 bits per heavy atom. The van der Waals surface area contributed by atoms with E-state index in [1.807, 2.05) is 36.1 Å². The van der Waals surface area contributed by atoms with E-state index in [2.05, 4.69) is 0 Å². The van der Waals surface area contributed by atoms with E-state index in [9.17, 15) is 4.79 Å².